The third-order valence-corrected chi connectivity index (χ3v) is 3.71. The molecule has 3 atom stereocenters. The molecule has 3 unspecified atom stereocenters. The maximum atomic E-state index is 12.0. The number of piperidine rings is 1. The van der Waals surface area contributed by atoms with Crippen molar-refractivity contribution in [3.05, 3.63) is 0 Å². The van der Waals surface area contributed by atoms with Crippen LogP contribution in [0.1, 0.15) is 39.5 Å². The van der Waals surface area contributed by atoms with Gasteiger partial charge >= 0.3 is 6.18 Å². The number of nitrogens with two attached hydrogens (primary N) is 1. The molecule has 17 heavy (non-hydrogen) atoms. The maximum Gasteiger partial charge on any atom is 0.389 e. The molecule has 0 spiro atoms. The minimum Gasteiger partial charge on any atom is -0.327 e. The van der Waals surface area contributed by atoms with Gasteiger partial charge in [-0.2, -0.15) is 13.2 Å². The van der Waals surface area contributed by atoms with Gasteiger partial charge in [-0.05, 0) is 38.6 Å². The van der Waals surface area contributed by atoms with E-state index in [2.05, 4.69) is 11.8 Å². The second-order valence-electron chi connectivity index (χ2n) is 5.28. The molecule has 0 aliphatic carbocycles. The van der Waals surface area contributed by atoms with Crippen LogP contribution in [0, 0.1) is 5.92 Å². The van der Waals surface area contributed by atoms with E-state index < -0.39 is 12.6 Å². The van der Waals surface area contributed by atoms with Crippen LogP contribution >= 0.6 is 0 Å². The predicted octanol–water partition coefficient (Wildman–Crippen LogP) is 2.78. The fourth-order valence-electron chi connectivity index (χ4n) is 2.38. The first-order chi connectivity index (χ1) is 7.79. The van der Waals surface area contributed by atoms with Gasteiger partial charge in [-0.1, -0.05) is 6.92 Å². The summed E-state index contributed by atoms with van der Waals surface area (Å²) < 4.78 is 36.1. The standard InChI is InChI=1S/C12H23F3N2/c1-9-8-17(7-5-11(9)16)10(2)4-3-6-12(13,14)15/h9-11H,3-8,16H2,1-2H3. The average Bonchev–Trinajstić information content (AvgIpc) is 2.20. The van der Waals surface area contributed by atoms with Crippen molar-refractivity contribution in [3.63, 3.8) is 0 Å². The summed E-state index contributed by atoms with van der Waals surface area (Å²) in [5, 5.41) is 0. The van der Waals surface area contributed by atoms with Crippen LogP contribution in [0.2, 0.25) is 0 Å². The molecule has 1 saturated heterocycles. The van der Waals surface area contributed by atoms with Crippen molar-refractivity contribution in [2.24, 2.45) is 11.7 Å². The van der Waals surface area contributed by atoms with Gasteiger partial charge in [-0.15, -0.1) is 0 Å². The van der Waals surface area contributed by atoms with Gasteiger partial charge in [0.2, 0.25) is 0 Å². The summed E-state index contributed by atoms with van der Waals surface area (Å²) in [6.45, 7) is 5.95. The first kappa shape index (κ1) is 14.8. The molecular formula is C12H23F3N2. The van der Waals surface area contributed by atoms with Crippen molar-refractivity contribution in [1.29, 1.82) is 0 Å². The SMILES string of the molecule is CC1CN(C(C)CCCC(F)(F)F)CCC1N. The number of hydrogen-bond donors (Lipinski definition) is 1. The molecule has 5 heteroatoms. The van der Waals surface area contributed by atoms with Crippen LogP contribution in [-0.4, -0.2) is 36.2 Å². The Morgan fingerprint density at radius 2 is 2.06 bits per heavy atom. The Morgan fingerprint density at radius 3 is 2.59 bits per heavy atom. The third kappa shape index (κ3) is 5.25. The molecule has 1 aliphatic rings. The number of likely N-dealkylation sites (tertiary alicyclic amines) is 1. The first-order valence-electron chi connectivity index (χ1n) is 6.36. The van der Waals surface area contributed by atoms with Gasteiger partial charge in [0.25, 0.3) is 0 Å². The van der Waals surface area contributed by atoms with E-state index in [1.54, 1.807) is 0 Å². The van der Waals surface area contributed by atoms with E-state index in [-0.39, 0.29) is 18.5 Å². The molecule has 0 saturated carbocycles. The normalized spacial score (nSPS) is 29.3. The van der Waals surface area contributed by atoms with E-state index in [9.17, 15) is 13.2 Å². The second kappa shape index (κ2) is 6.05. The minimum atomic E-state index is -4.02. The summed E-state index contributed by atoms with van der Waals surface area (Å²) >= 11 is 0. The van der Waals surface area contributed by atoms with E-state index in [0.29, 0.717) is 12.3 Å². The summed E-state index contributed by atoms with van der Waals surface area (Å²) in [6.07, 6.45) is -2.90. The lowest BCUT2D eigenvalue weighted by Crippen LogP contribution is -2.49. The molecule has 0 aromatic carbocycles. The zero-order valence-electron chi connectivity index (χ0n) is 10.6. The van der Waals surface area contributed by atoms with Gasteiger partial charge in [0.1, 0.15) is 0 Å². The van der Waals surface area contributed by atoms with Crippen LogP contribution in [0.5, 0.6) is 0 Å². The average molecular weight is 252 g/mol. The highest BCUT2D eigenvalue weighted by atomic mass is 19.4. The molecule has 0 amide bonds. The monoisotopic (exact) mass is 252 g/mol. The van der Waals surface area contributed by atoms with Gasteiger partial charge < -0.3 is 10.6 Å². The lowest BCUT2D eigenvalue weighted by Gasteiger charge is -2.38. The predicted molar refractivity (Wildman–Crippen MR) is 62.7 cm³/mol. The Labute approximate surface area is 101 Å². The van der Waals surface area contributed by atoms with Crippen molar-refractivity contribution < 1.29 is 13.2 Å². The fraction of sp³-hybridized carbons (Fsp3) is 1.00. The van der Waals surface area contributed by atoms with Gasteiger partial charge in [0, 0.05) is 25.0 Å². The van der Waals surface area contributed by atoms with Gasteiger partial charge in [0.15, 0.2) is 0 Å². The van der Waals surface area contributed by atoms with Gasteiger partial charge in [-0.3, -0.25) is 0 Å². The Bertz CT molecular complexity index is 230. The number of halogens is 3. The maximum absolute atomic E-state index is 12.0. The zero-order chi connectivity index (χ0) is 13.1. The van der Waals surface area contributed by atoms with E-state index in [0.717, 1.165) is 19.5 Å². The molecule has 0 aromatic heterocycles. The van der Waals surface area contributed by atoms with Crippen LogP contribution in [0.15, 0.2) is 0 Å². The molecule has 0 radical (unpaired) electrons. The third-order valence-electron chi connectivity index (χ3n) is 3.71. The molecule has 102 valence electrons. The largest absolute Gasteiger partial charge is 0.389 e. The van der Waals surface area contributed by atoms with E-state index in [1.165, 1.54) is 0 Å². The Balaban J connectivity index is 2.26. The smallest absolute Gasteiger partial charge is 0.327 e. The van der Waals surface area contributed by atoms with Crippen LogP contribution in [0.4, 0.5) is 13.2 Å². The van der Waals surface area contributed by atoms with Crippen molar-refractivity contribution >= 4 is 0 Å². The van der Waals surface area contributed by atoms with Crippen molar-refractivity contribution in [3.8, 4) is 0 Å². The second-order valence-corrected chi connectivity index (χ2v) is 5.28. The molecule has 1 rings (SSSR count). The summed E-state index contributed by atoms with van der Waals surface area (Å²) in [5.41, 5.74) is 5.92. The zero-order valence-corrected chi connectivity index (χ0v) is 10.6. The van der Waals surface area contributed by atoms with Crippen LogP contribution in [0.3, 0.4) is 0 Å². The van der Waals surface area contributed by atoms with E-state index in [4.69, 9.17) is 5.73 Å². The van der Waals surface area contributed by atoms with E-state index in [1.807, 2.05) is 6.92 Å². The van der Waals surface area contributed by atoms with Crippen LogP contribution in [-0.2, 0) is 0 Å². The summed E-state index contributed by atoms with van der Waals surface area (Å²) in [5.74, 6) is 0.439. The van der Waals surface area contributed by atoms with Crippen molar-refractivity contribution in [1.82, 2.24) is 4.90 Å². The van der Waals surface area contributed by atoms with Crippen LogP contribution < -0.4 is 5.73 Å². The minimum absolute atomic E-state index is 0.224. The highest BCUT2D eigenvalue weighted by Gasteiger charge is 2.29. The molecular weight excluding hydrogens is 229 g/mol. The van der Waals surface area contributed by atoms with E-state index >= 15 is 0 Å². The first-order valence-corrected chi connectivity index (χ1v) is 6.36. The Hall–Kier alpha value is -0.290. The van der Waals surface area contributed by atoms with Gasteiger partial charge in [-0.25, -0.2) is 0 Å². The fourth-order valence-corrected chi connectivity index (χ4v) is 2.38. The Kier molecular flexibility index (Phi) is 5.25. The topological polar surface area (TPSA) is 29.3 Å². The number of nitrogens with zero attached hydrogens (tertiary/aromatic N) is 1. The molecule has 1 heterocycles. The van der Waals surface area contributed by atoms with Gasteiger partial charge in [0.05, 0.1) is 0 Å². The number of alkyl halides is 3. The van der Waals surface area contributed by atoms with Crippen molar-refractivity contribution in [2.75, 3.05) is 13.1 Å². The lowest BCUT2D eigenvalue weighted by molar-refractivity contribution is -0.136. The molecule has 1 aliphatic heterocycles. The molecule has 0 aromatic rings. The Morgan fingerprint density at radius 1 is 1.41 bits per heavy atom. The number of hydrogen-bond acceptors (Lipinski definition) is 2. The number of rotatable bonds is 4. The highest BCUT2D eigenvalue weighted by molar-refractivity contribution is 4.82. The molecule has 0 bridgehead atoms. The molecule has 2 N–H and O–H groups in total. The highest BCUT2D eigenvalue weighted by Crippen LogP contribution is 2.24. The summed E-state index contributed by atoms with van der Waals surface area (Å²) in [6, 6.07) is 0.473. The molecule has 2 nitrogen and oxygen atoms in total. The van der Waals surface area contributed by atoms with Crippen molar-refractivity contribution in [2.45, 2.75) is 57.8 Å². The summed E-state index contributed by atoms with van der Waals surface area (Å²) in [7, 11) is 0. The van der Waals surface area contributed by atoms with Crippen LogP contribution in [0.25, 0.3) is 0 Å². The lowest BCUT2D eigenvalue weighted by atomic mass is 9.93. The summed E-state index contributed by atoms with van der Waals surface area (Å²) in [4.78, 5) is 2.27. The quantitative estimate of drug-likeness (QED) is 0.833. The molecule has 1 fully saturated rings.